The van der Waals surface area contributed by atoms with Crippen LogP contribution < -0.4 is 10.6 Å². The van der Waals surface area contributed by atoms with Crippen molar-refractivity contribution < 1.29 is 9.59 Å². The van der Waals surface area contributed by atoms with Crippen molar-refractivity contribution in [3.05, 3.63) is 96.4 Å². The molecule has 0 fully saturated rings. The summed E-state index contributed by atoms with van der Waals surface area (Å²) in [6.45, 7) is 2.81. The molecule has 0 radical (unpaired) electrons. The molecule has 0 unspecified atom stereocenters. The van der Waals surface area contributed by atoms with Crippen LogP contribution in [0.5, 0.6) is 0 Å². The largest absolute Gasteiger partial charge is 0.354 e. The molecule has 200 valence electrons. The molecule has 1 rings (SSSR count). The Balaban J connectivity index is 1.96. The van der Waals surface area contributed by atoms with E-state index in [2.05, 4.69) is 99.0 Å². The van der Waals surface area contributed by atoms with Gasteiger partial charge in [0.25, 0.3) is 0 Å². The molecular weight excluding hydrogens is 573 g/mol. The highest BCUT2D eigenvalue weighted by Gasteiger charge is 2.01. The van der Waals surface area contributed by atoms with Gasteiger partial charge in [-0.3, -0.25) is 14.6 Å². The Bertz CT molecular complexity index is 928. The van der Waals surface area contributed by atoms with Crippen LogP contribution in [0.25, 0.3) is 6.08 Å². The van der Waals surface area contributed by atoms with Crippen molar-refractivity contribution in [2.24, 2.45) is 0 Å². The van der Waals surface area contributed by atoms with Crippen LogP contribution in [-0.4, -0.2) is 34.3 Å². The van der Waals surface area contributed by atoms with Crippen LogP contribution in [-0.2, 0) is 9.59 Å². The number of amides is 2. The summed E-state index contributed by atoms with van der Waals surface area (Å²) in [6, 6.07) is 3.90. The van der Waals surface area contributed by atoms with Crippen LogP contribution in [0.15, 0.2) is 85.2 Å². The van der Waals surface area contributed by atoms with Crippen molar-refractivity contribution in [1.29, 1.82) is 0 Å². The molecule has 6 heteroatoms. The Labute approximate surface area is 237 Å². The van der Waals surface area contributed by atoms with Crippen LogP contribution >= 0.6 is 22.6 Å². The minimum atomic E-state index is -0.0660. The van der Waals surface area contributed by atoms with Gasteiger partial charge in [-0.1, -0.05) is 102 Å². The number of aryl methyl sites for hydroxylation is 1. The zero-order chi connectivity index (χ0) is 26.8. The molecule has 0 saturated heterocycles. The number of pyridine rings is 1. The van der Waals surface area contributed by atoms with E-state index >= 15 is 0 Å². The highest BCUT2D eigenvalue weighted by Crippen LogP contribution is 2.02. The molecule has 0 saturated carbocycles. The zero-order valence-corrected chi connectivity index (χ0v) is 24.2. The lowest BCUT2D eigenvalue weighted by molar-refractivity contribution is -0.122. The smallest absolute Gasteiger partial charge is 0.223 e. The lowest BCUT2D eigenvalue weighted by Crippen LogP contribution is -2.34. The van der Waals surface area contributed by atoms with Gasteiger partial charge in [0.15, 0.2) is 0 Å². The van der Waals surface area contributed by atoms with Crippen molar-refractivity contribution in [2.45, 2.75) is 58.3 Å². The molecule has 2 amide bonds. The average molecular weight is 616 g/mol. The minimum absolute atomic E-state index is 0.0213. The number of unbranched alkanes of at least 4 members (excludes halogenated alkanes) is 1. The number of alkyl halides is 1. The molecule has 2 N–H and O–H groups in total. The summed E-state index contributed by atoms with van der Waals surface area (Å²) in [7, 11) is 0. The summed E-state index contributed by atoms with van der Waals surface area (Å²) in [5, 5.41) is 5.66. The van der Waals surface area contributed by atoms with Crippen LogP contribution in [0.2, 0.25) is 0 Å². The van der Waals surface area contributed by atoms with Gasteiger partial charge in [0.2, 0.25) is 11.8 Å². The molecule has 5 nitrogen and oxygen atoms in total. The van der Waals surface area contributed by atoms with Gasteiger partial charge in [-0.15, -0.1) is 0 Å². The molecule has 0 spiro atoms. The maximum atomic E-state index is 11.9. The van der Waals surface area contributed by atoms with Crippen LogP contribution in [0.4, 0.5) is 0 Å². The monoisotopic (exact) mass is 615 g/mol. The molecule has 1 aromatic heterocycles. The number of carbonyl (C=O) groups is 2. The third kappa shape index (κ3) is 21.1. The molecule has 1 aromatic rings. The van der Waals surface area contributed by atoms with E-state index in [1.165, 1.54) is 0 Å². The first-order valence-electron chi connectivity index (χ1n) is 13.1. The fraction of sp³-hybridized carbons (Fsp3) is 0.387. The number of halogens is 1. The van der Waals surface area contributed by atoms with E-state index in [4.69, 9.17) is 0 Å². The highest BCUT2D eigenvalue weighted by atomic mass is 127. The van der Waals surface area contributed by atoms with Gasteiger partial charge in [0, 0.05) is 42.2 Å². The lowest BCUT2D eigenvalue weighted by atomic mass is 10.2. The van der Waals surface area contributed by atoms with Crippen LogP contribution in [0, 0.1) is 6.92 Å². The van der Waals surface area contributed by atoms with Crippen LogP contribution in [0.3, 0.4) is 0 Å². The second-order valence-corrected chi connectivity index (χ2v) is 9.27. The number of nitrogens with one attached hydrogen (secondary N) is 2. The van der Waals surface area contributed by atoms with E-state index in [0.717, 1.165) is 54.2 Å². The second-order valence-electron chi connectivity index (χ2n) is 8.39. The normalized spacial score (nSPS) is 12.3. The molecule has 0 atom stereocenters. The summed E-state index contributed by atoms with van der Waals surface area (Å²) < 4.78 is 1.07. The lowest BCUT2D eigenvalue weighted by Gasteiger charge is -2.06. The number of carbonyl (C=O) groups excluding carboxylic acids is 2. The van der Waals surface area contributed by atoms with Crippen molar-refractivity contribution in [3.63, 3.8) is 0 Å². The number of nitrogens with zero attached hydrogens (tertiary/aromatic N) is 1. The second kappa shape index (κ2) is 23.6. The SMILES string of the molecule is Cc1ccc(/C=C/CC(=O)NCCNC(=O)CCC/C=C\C/C=C\C/C=C\C/C=C\C/C=C\CI)cn1. The first-order chi connectivity index (χ1) is 18.1. The third-order valence-electron chi connectivity index (χ3n) is 5.10. The first-order valence-corrected chi connectivity index (χ1v) is 14.6. The number of rotatable bonds is 19. The van der Waals surface area contributed by atoms with Gasteiger partial charge in [0.1, 0.15) is 0 Å². The van der Waals surface area contributed by atoms with Crippen molar-refractivity contribution in [1.82, 2.24) is 15.6 Å². The Morgan fingerprint density at radius 3 is 1.92 bits per heavy atom. The number of hydrogen-bond acceptors (Lipinski definition) is 3. The van der Waals surface area contributed by atoms with E-state index in [-0.39, 0.29) is 11.8 Å². The fourth-order valence-corrected chi connectivity index (χ4v) is 3.45. The molecular formula is C31H42IN3O2. The molecule has 0 bridgehead atoms. The summed E-state index contributed by atoms with van der Waals surface area (Å²) in [5.74, 6) is -0.0446. The summed E-state index contributed by atoms with van der Waals surface area (Å²) in [4.78, 5) is 28.0. The average Bonchev–Trinajstić information content (AvgIpc) is 2.89. The van der Waals surface area contributed by atoms with Crippen molar-refractivity contribution in [3.8, 4) is 0 Å². The van der Waals surface area contributed by atoms with E-state index in [1.807, 2.05) is 31.2 Å². The molecule has 0 aliphatic rings. The van der Waals surface area contributed by atoms with Crippen molar-refractivity contribution in [2.75, 3.05) is 17.5 Å². The molecule has 0 aromatic carbocycles. The molecule has 1 heterocycles. The van der Waals surface area contributed by atoms with Gasteiger partial charge >= 0.3 is 0 Å². The minimum Gasteiger partial charge on any atom is -0.354 e. The molecule has 0 aliphatic carbocycles. The maximum Gasteiger partial charge on any atom is 0.223 e. The standard InChI is InChI=1S/C31H42IN3O2/c1-28-22-23-29(27-35-28)19-18-21-31(37)34-26-25-33-30(36)20-16-14-12-10-8-6-4-2-3-5-7-9-11-13-15-17-24-32/h3-6,9-12,15,17-19,22-23,27H,2,7-8,13-14,16,20-21,24-26H2,1H3,(H,33,36)(H,34,37)/b5-3-,6-4-,11-9-,12-10-,17-15-,19-18+. The van der Waals surface area contributed by atoms with Gasteiger partial charge < -0.3 is 10.6 Å². The summed E-state index contributed by atoms with van der Waals surface area (Å²) >= 11 is 2.34. The Morgan fingerprint density at radius 2 is 1.35 bits per heavy atom. The van der Waals surface area contributed by atoms with E-state index in [1.54, 1.807) is 6.20 Å². The maximum absolute atomic E-state index is 11.9. The van der Waals surface area contributed by atoms with E-state index in [0.29, 0.717) is 25.9 Å². The fourth-order valence-electron chi connectivity index (χ4n) is 3.09. The van der Waals surface area contributed by atoms with Gasteiger partial charge in [-0.25, -0.2) is 0 Å². The van der Waals surface area contributed by atoms with Gasteiger partial charge in [-0.2, -0.15) is 0 Å². The predicted molar refractivity (Wildman–Crippen MR) is 166 cm³/mol. The topological polar surface area (TPSA) is 71.1 Å². The number of allylic oxidation sites excluding steroid dienone is 10. The van der Waals surface area contributed by atoms with Gasteiger partial charge in [-0.05, 0) is 57.1 Å². The predicted octanol–water partition coefficient (Wildman–Crippen LogP) is 6.97. The van der Waals surface area contributed by atoms with Gasteiger partial charge in [0.05, 0.1) is 0 Å². The summed E-state index contributed by atoms with van der Waals surface area (Å²) in [5.41, 5.74) is 1.93. The number of aromatic nitrogens is 1. The quantitative estimate of drug-likeness (QED) is 0.0765. The Morgan fingerprint density at radius 1 is 0.784 bits per heavy atom. The van der Waals surface area contributed by atoms with Crippen molar-refractivity contribution >= 4 is 40.5 Å². The third-order valence-corrected chi connectivity index (χ3v) is 5.61. The molecule has 0 aliphatic heterocycles. The van der Waals surface area contributed by atoms with E-state index in [9.17, 15) is 9.59 Å². The Kier molecular flexibility index (Phi) is 20.6. The molecule has 37 heavy (non-hydrogen) atoms. The van der Waals surface area contributed by atoms with E-state index < -0.39 is 0 Å². The zero-order valence-electron chi connectivity index (χ0n) is 22.1. The van der Waals surface area contributed by atoms with Crippen LogP contribution in [0.1, 0.15) is 62.6 Å². The Hall–Kier alpha value is -2.74. The summed E-state index contributed by atoms with van der Waals surface area (Å²) in [6.07, 6.45) is 33.6. The highest BCUT2D eigenvalue weighted by molar-refractivity contribution is 14.1. The first kappa shape index (κ1) is 32.3. The number of hydrogen-bond donors (Lipinski definition) is 2.